The fraction of sp³-hybridized carbons (Fsp3) is 0. The zero-order chi connectivity index (χ0) is 17.5. The van der Waals surface area contributed by atoms with E-state index >= 15 is 0 Å². The van der Waals surface area contributed by atoms with Crippen LogP contribution >= 0.6 is 0 Å². The molecule has 0 spiro atoms. The topological polar surface area (TPSA) is 245 Å². The van der Waals surface area contributed by atoms with Crippen molar-refractivity contribution in [2.24, 2.45) is 0 Å². The molecule has 0 unspecified atom stereocenters. The van der Waals surface area contributed by atoms with Gasteiger partial charge in [0, 0.05) is 0 Å². The van der Waals surface area contributed by atoms with Crippen LogP contribution in [0.5, 0.6) is 0 Å². The normalized spacial score (nSPS) is 10.4. The molecule has 2 aromatic rings. The Balaban J connectivity index is 2.86. The van der Waals surface area contributed by atoms with E-state index in [9.17, 15) is 40.5 Å². The summed E-state index contributed by atoms with van der Waals surface area (Å²) in [4.78, 5) is 38.6. The number of hydrogen-bond acceptors (Lipinski definition) is 11. The summed E-state index contributed by atoms with van der Waals surface area (Å²) in [6.07, 6.45) is 0. The molecule has 0 aliphatic carbocycles. The smallest absolute Gasteiger partial charge is 0.358 e. The minimum atomic E-state index is -1.29. The van der Waals surface area contributed by atoms with Gasteiger partial charge in [0.25, 0.3) is 0 Å². The molecule has 0 saturated carbocycles. The maximum Gasteiger partial charge on any atom is 0.448 e. The van der Waals surface area contributed by atoms with Gasteiger partial charge in [0.2, 0.25) is 11.4 Å². The number of hydrogen-bond donors (Lipinski definition) is 2. The Hall–Kier alpha value is -4.18. The van der Waals surface area contributed by atoms with E-state index in [1.165, 1.54) is 0 Å². The second kappa shape index (κ2) is 4.98. The van der Waals surface area contributed by atoms with Gasteiger partial charge in [-0.15, -0.1) is 5.10 Å². The molecule has 2 rings (SSSR count). The molecule has 0 aromatic carbocycles. The highest BCUT2D eigenvalue weighted by Gasteiger charge is 2.45. The Morgan fingerprint density at radius 1 is 0.870 bits per heavy atom. The summed E-state index contributed by atoms with van der Waals surface area (Å²) >= 11 is 0. The first kappa shape index (κ1) is 15.2. The van der Waals surface area contributed by atoms with Crippen LogP contribution < -0.4 is 5.84 Å². The summed E-state index contributed by atoms with van der Waals surface area (Å²) in [5.74, 6) is 2.68. The highest BCUT2D eigenvalue weighted by Crippen LogP contribution is 2.41. The number of H-pyrrole nitrogens is 1. The van der Waals surface area contributed by atoms with E-state index in [1.807, 2.05) is 0 Å². The fourth-order valence-electron chi connectivity index (χ4n) is 1.71. The molecule has 3 N–H and O–H groups in total. The van der Waals surface area contributed by atoms with Gasteiger partial charge in [-0.1, -0.05) is 5.10 Å². The molecule has 120 valence electrons. The predicted octanol–water partition coefficient (Wildman–Crippen LogP) is -0.380. The van der Waals surface area contributed by atoms with Crippen LogP contribution in [0.25, 0.3) is 11.4 Å². The van der Waals surface area contributed by atoms with Gasteiger partial charge in [-0.2, -0.15) is 0 Å². The molecule has 2 heterocycles. The van der Waals surface area contributed by atoms with Crippen LogP contribution in [0.1, 0.15) is 0 Å². The predicted molar refractivity (Wildman–Crippen MR) is 66.6 cm³/mol. The Morgan fingerprint density at radius 2 is 1.43 bits per heavy atom. The second-order valence-corrected chi connectivity index (χ2v) is 3.76. The SMILES string of the molecule is Nn1nc(-c2n[nH]c([N+](=O)[O-])c2[N+](=O)[O-])c([N+](=O)[O-])c1[N+](=O)[O-]. The molecule has 17 nitrogen and oxygen atoms in total. The molecule has 0 saturated heterocycles. The molecule has 17 heteroatoms. The Morgan fingerprint density at radius 3 is 1.87 bits per heavy atom. The summed E-state index contributed by atoms with van der Waals surface area (Å²) in [7, 11) is 0. The van der Waals surface area contributed by atoms with E-state index in [-0.39, 0.29) is 4.79 Å². The van der Waals surface area contributed by atoms with Crippen LogP contribution in [0.15, 0.2) is 0 Å². The van der Waals surface area contributed by atoms with E-state index < -0.39 is 54.1 Å². The van der Waals surface area contributed by atoms with Gasteiger partial charge < -0.3 is 20.2 Å². The third kappa shape index (κ3) is 2.22. The van der Waals surface area contributed by atoms with Crippen molar-refractivity contribution < 1.29 is 19.7 Å². The highest BCUT2D eigenvalue weighted by molar-refractivity contribution is 5.81. The monoisotopic (exact) mass is 329 g/mol. The molecular formula is C6H3N9O8. The lowest BCUT2D eigenvalue weighted by Gasteiger charge is -1.92. The number of nitrogens with zero attached hydrogens (tertiary/aromatic N) is 7. The molecule has 0 fully saturated rings. The minimum absolute atomic E-state index is 0.0116. The molecule has 23 heavy (non-hydrogen) atoms. The van der Waals surface area contributed by atoms with Crippen molar-refractivity contribution in [3.05, 3.63) is 40.5 Å². The number of nitrogen functional groups attached to an aromatic ring is 1. The van der Waals surface area contributed by atoms with Crippen molar-refractivity contribution in [2.75, 3.05) is 5.84 Å². The van der Waals surface area contributed by atoms with E-state index in [0.29, 0.717) is 0 Å². The van der Waals surface area contributed by atoms with E-state index in [4.69, 9.17) is 5.84 Å². The molecule has 0 radical (unpaired) electrons. The lowest BCUT2D eigenvalue weighted by Crippen LogP contribution is -2.13. The second-order valence-electron chi connectivity index (χ2n) is 3.76. The number of nitro groups is 4. The summed E-state index contributed by atoms with van der Waals surface area (Å²) in [5.41, 5.74) is -4.42. The van der Waals surface area contributed by atoms with Gasteiger partial charge in [0.1, 0.15) is 0 Å². The average molecular weight is 329 g/mol. The largest absolute Gasteiger partial charge is 0.448 e. The van der Waals surface area contributed by atoms with Crippen molar-refractivity contribution >= 4 is 23.0 Å². The van der Waals surface area contributed by atoms with Gasteiger partial charge >= 0.3 is 23.0 Å². The average Bonchev–Trinajstić information content (AvgIpc) is 2.98. The Labute approximate surface area is 121 Å². The van der Waals surface area contributed by atoms with Gasteiger partial charge in [0.15, 0.2) is 0 Å². The molecule has 0 atom stereocenters. The number of nitrogens with one attached hydrogen (secondary N) is 1. The maximum absolute atomic E-state index is 11.0. The highest BCUT2D eigenvalue weighted by atomic mass is 16.6. The van der Waals surface area contributed by atoms with Crippen LogP contribution in [0.3, 0.4) is 0 Å². The van der Waals surface area contributed by atoms with Gasteiger partial charge in [0.05, 0.1) is 9.85 Å². The zero-order valence-electron chi connectivity index (χ0n) is 10.5. The molecular weight excluding hydrogens is 326 g/mol. The first-order valence-electron chi connectivity index (χ1n) is 5.21. The third-order valence-corrected chi connectivity index (χ3v) is 2.53. The summed E-state index contributed by atoms with van der Waals surface area (Å²) in [6.45, 7) is 0. The van der Waals surface area contributed by atoms with Crippen LogP contribution in [-0.4, -0.2) is 39.8 Å². The van der Waals surface area contributed by atoms with E-state index in [0.717, 1.165) is 0 Å². The Bertz CT molecular complexity index is 864. The van der Waals surface area contributed by atoms with Crippen molar-refractivity contribution in [1.82, 2.24) is 20.1 Å². The molecule has 0 bridgehead atoms. The quantitative estimate of drug-likeness (QED) is 0.406. The van der Waals surface area contributed by atoms with Crippen LogP contribution in [0.4, 0.5) is 23.0 Å². The minimum Gasteiger partial charge on any atom is -0.358 e. The maximum atomic E-state index is 11.0. The molecule has 0 aliphatic rings. The standard InChI is InChI=1S/C6H3N9O8/c7-11-6(15(22)23)4(13(18)19)2(10-11)1-3(12(16)17)5(9-8-1)14(20)21/h7H2,(H,8,9). The summed E-state index contributed by atoms with van der Waals surface area (Å²) < 4.78 is 0. The number of aromatic amines is 1. The Kier molecular flexibility index (Phi) is 3.29. The van der Waals surface area contributed by atoms with Crippen LogP contribution in [0, 0.1) is 40.5 Å². The fourth-order valence-corrected chi connectivity index (χ4v) is 1.71. The number of nitrogens with two attached hydrogens (primary N) is 1. The molecule has 2 aromatic heterocycles. The molecule has 0 amide bonds. The third-order valence-electron chi connectivity index (χ3n) is 2.53. The summed E-state index contributed by atoms with van der Waals surface area (Å²) in [5, 5.41) is 51.7. The lowest BCUT2D eigenvalue weighted by atomic mass is 10.2. The lowest BCUT2D eigenvalue weighted by molar-refractivity contribution is -0.426. The van der Waals surface area contributed by atoms with Crippen LogP contribution in [0.2, 0.25) is 0 Å². The number of rotatable bonds is 5. The van der Waals surface area contributed by atoms with Crippen molar-refractivity contribution in [1.29, 1.82) is 0 Å². The summed E-state index contributed by atoms with van der Waals surface area (Å²) in [6, 6.07) is 0. The van der Waals surface area contributed by atoms with Crippen molar-refractivity contribution in [3.8, 4) is 11.4 Å². The van der Waals surface area contributed by atoms with E-state index in [2.05, 4.69) is 10.2 Å². The van der Waals surface area contributed by atoms with E-state index in [1.54, 1.807) is 5.10 Å². The number of aromatic nitrogens is 4. The first-order chi connectivity index (χ1) is 10.7. The molecule has 0 aliphatic heterocycles. The first-order valence-corrected chi connectivity index (χ1v) is 5.21. The van der Waals surface area contributed by atoms with Crippen LogP contribution in [-0.2, 0) is 0 Å². The zero-order valence-corrected chi connectivity index (χ0v) is 10.5. The van der Waals surface area contributed by atoms with Gasteiger partial charge in [-0.05, 0) is 19.7 Å². The van der Waals surface area contributed by atoms with Crippen molar-refractivity contribution in [2.45, 2.75) is 0 Å². The van der Waals surface area contributed by atoms with Gasteiger partial charge in [-0.3, -0.25) is 20.2 Å². The van der Waals surface area contributed by atoms with Gasteiger partial charge in [-0.25, -0.2) is 5.84 Å². The van der Waals surface area contributed by atoms with Crippen molar-refractivity contribution in [3.63, 3.8) is 0 Å².